The van der Waals surface area contributed by atoms with Crippen molar-refractivity contribution in [2.75, 3.05) is 19.8 Å². The molecule has 0 aliphatic carbocycles. The third kappa shape index (κ3) is 4.17. The molecule has 1 amide bonds. The smallest absolute Gasteiger partial charge is 0.401 e. The van der Waals surface area contributed by atoms with Gasteiger partial charge >= 0.3 is 6.18 Å². The number of hydrogen-bond donors (Lipinski definition) is 1. The third-order valence-electron chi connectivity index (χ3n) is 5.25. The van der Waals surface area contributed by atoms with E-state index in [4.69, 9.17) is 9.15 Å². The van der Waals surface area contributed by atoms with Gasteiger partial charge in [-0.2, -0.15) is 13.2 Å². The van der Waals surface area contributed by atoms with E-state index in [0.717, 1.165) is 5.56 Å². The van der Waals surface area contributed by atoms with Crippen molar-refractivity contribution in [3.63, 3.8) is 0 Å². The molecule has 0 bridgehead atoms. The van der Waals surface area contributed by atoms with Crippen LogP contribution in [0.5, 0.6) is 0 Å². The van der Waals surface area contributed by atoms with E-state index in [1.165, 1.54) is 6.92 Å². The Morgan fingerprint density at radius 2 is 2.13 bits per heavy atom. The first-order valence-electron chi connectivity index (χ1n) is 9.52. The van der Waals surface area contributed by atoms with Crippen LogP contribution < -0.4 is 5.32 Å². The van der Waals surface area contributed by atoms with Crippen LogP contribution in [-0.4, -0.2) is 59.0 Å². The van der Waals surface area contributed by atoms with Gasteiger partial charge in [0.2, 0.25) is 5.89 Å². The number of hydrogen-bond acceptors (Lipinski definition) is 6. The van der Waals surface area contributed by atoms with Gasteiger partial charge in [-0.3, -0.25) is 4.79 Å². The summed E-state index contributed by atoms with van der Waals surface area (Å²) >= 11 is 0. The number of carbonyl (C=O) groups excluding carboxylic acids is 1. The number of halogens is 4. The van der Waals surface area contributed by atoms with Crippen molar-refractivity contribution in [3.05, 3.63) is 35.2 Å². The van der Waals surface area contributed by atoms with E-state index in [1.54, 1.807) is 23.1 Å². The van der Waals surface area contributed by atoms with E-state index in [1.807, 2.05) is 0 Å². The monoisotopic (exact) mass is 428 g/mol. The maximum Gasteiger partial charge on any atom is 0.401 e. The van der Waals surface area contributed by atoms with Gasteiger partial charge in [-0.05, 0) is 31.0 Å². The summed E-state index contributed by atoms with van der Waals surface area (Å²) in [5.74, 6) is -0.338. The molecule has 162 valence electrons. The number of ether oxygens (including phenoxy) is 1. The average molecular weight is 428 g/mol. The Bertz CT molecular complexity index is 931. The Hall–Kier alpha value is -2.53. The number of amides is 1. The van der Waals surface area contributed by atoms with Crippen molar-refractivity contribution in [2.24, 2.45) is 0 Å². The normalized spacial score (nSPS) is 23.0. The molecule has 4 rings (SSSR count). The van der Waals surface area contributed by atoms with Gasteiger partial charge in [0, 0.05) is 24.3 Å². The lowest BCUT2D eigenvalue weighted by Gasteiger charge is -2.38. The summed E-state index contributed by atoms with van der Waals surface area (Å²) < 4.78 is 61.9. The first-order valence-corrected chi connectivity index (χ1v) is 9.52. The van der Waals surface area contributed by atoms with Crippen LogP contribution in [-0.2, 0) is 11.3 Å². The molecule has 1 aromatic carbocycles. The Kier molecular flexibility index (Phi) is 5.49. The standard InChI is InChI=1S/C19H20F4N4O3/c1-10(20)16-25-26-17(30-16)11-2-3-12-7-27(18(28)13(12)6-11)15-4-5-29-8-14(15)24-9-19(21,22)23/h2-3,6,10,14-15,24H,4-5,7-9H2,1H3/t10?,14-,15?/m1/s1. The zero-order valence-corrected chi connectivity index (χ0v) is 16.1. The van der Waals surface area contributed by atoms with Gasteiger partial charge in [0.25, 0.3) is 11.8 Å². The number of rotatable bonds is 5. The molecule has 1 saturated heterocycles. The van der Waals surface area contributed by atoms with Crippen molar-refractivity contribution in [3.8, 4) is 11.5 Å². The van der Waals surface area contributed by atoms with Crippen LogP contribution in [0.25, 0.3) is 11.5 Å². The lowest BCUT2D eigenvalue weighted by molar-refractivity contribution is -0.129. The predicted molar refractivity (Wildman–Crippen MR) is 96.2 cm³/mol. The Morgan fingerprint density at radius 3 is 2.83 bits per heavy atom. The van der Waals surface area contributed by atoms with Gasteiger partial charge in [0.1, 0.15) is 0 Å². The van der Waals surface area contributed by atoms with Crippen molar-refractivity contribution in [2.45, 2.75) is 44.3 Å². The molecule has 30 heavy (non-hydrogen) atoms. The zero-order valence-electron chi connectivity index (χ0n) is 16.1. The summed E-state index contributed by atoms with van der Waals surface area (Å²) in [5, 5.41) is 9.93. The maximum atomic E-state index is 13.3. The molecule has 2 aliphatic rings. The summed E-state index contributed by atoms with van der Waals surface area (Å²) in [6.07, 6.45) is -5.33. The lowest BCUT2D eigenvalue weighted by Crippen LogP contribution is -2.56. The van der Waals surface area contributed by atoms with E-state index in [2.05, 4.69) is 15.5 Å². The molecule has 2 unspecified atom stereocenters. The molecule has 3 heterocycles. The first-order chi connectivity index (χ1) is 14.2. The summed E-state index contributed by atoms with van der Waals surface area (Å²) in [7, 11) is 0. The van der Waals surface area contributed by atoms with Gasteiger partial charge in [-0.1, -0.05) is 6.07 Å². The average Bonchev–Trinajstić information content (AvgIpc) is 3.31. The molecule has 1 aromatic heterocycles. The molecule has 0 spiro atoms. The molecule has 0 saturated carbocycles. The van der Waals surface area contributed by atoms with Gasteiger partial charge in [-0.15, -0.1) is 10.2 Å². The number of aromatic nitrogens is 2. The second-order valence-electron chi connectivity index (χ2n) is 7.40. The molecule has 2 aliphatic heterocycles. The van der Waals surface area contributed by atoms with Crippen LogP contribution in [0, 0.1) is 0 Å². The highest BCUT2D eigenvalue weighted by Gasteiger charge is 2.40. The van der Waals surface area contributed by atoms with Crippen molar-refractivity contribution >= 4 is 5.91 Å². The zero-order chi connectivity index (χ0) is 21.5. The molecule has 11 heteroatoms. The number of benzene rings is 1. The second kappa shape index (κ2) is 7.95. The van der Waals surface area contributed by atoms with Crippen LogP contribution in [0.3, 0.4) is 0 Å². The Labute approximate surface area is 169 Å². The summed E-state index contributed by atoms with van der Waals surface area (Å²) in [6.45, 7) is 0.881. The fourth-order valence-electron chi connectivity index (χ4n) is 3.78. The fraction of sp³-hybridized carbons (Fsp3) is 0.526. The SMILES string of the molecule is CC(F)c1nnc(-c2ccc3c(c2)C(=O)N(C2CCOC[C@H]2NCC(F)(F)F)C3)o1. The number of fused-ring (bicyclic) bond motifs is 1. The minimum Gasteiger partial charge on any atom is -0.418 e. The minimum atomic E-state index is -4.35. The topological polar surface area (TPSA) is 80.5 Å². The first kappa shape index (κ1) is 20.7. The molecular weight excluding hydrogens is 408 g/mol. The number of nitrogens with zero attached hydrogens (tertiary/aromatic N) is 3. The maximum absolute atomic E-state index is 13.3. The van der Waals surface area contributed by atoms with Gasteiger partial charge in [-0.25, -0.2) is 4.39 Å². The third-order valence-corrected chi connectivity index (χ3v) is 5.25. The van der Waals surface area contributed by atoms with E-state index in [0.29, 0.717) is 30.7 Å². The number of alkyl halides is 4. The van der Waals surface area contributed by atoms with Crippen LogP contribution in [0.1, 0.15) is 41.3 Å². The molecule has 1 fully saturated rings. The van der Waals surface area contributed by atoms with Crippen molar-refractivity contribution < 1.29 is 31.5 Å². The predicted octanol–water partition coefficient (Wildman–Crippen LogP) is 3.03. The van der Waals surface area contributed by atoms with E-state index in [9.17, 15) is 22.4 Å². The van der Waals surface area contributed by atoms with Crippen LogP contribution in [0.15, 0.2) is 22.6 Å². The van der Waals surface area contributed by atoms with Gasteiger partial charge < -0.3 is 19.4 Å². The molecule has 3 atom stereocenters. The van der Waals surface area contributed by atoms with Crippen LogP contribution in [0.4, 0.5) is 17.6 Å². The molecule has 7 nitrogen and oxygen atoms in total. The van der Waals surface area contributed by atoms with E-state index >= 15 is 0 Å². The summed E-state index contributed by atoms with van der Waals surface area (Å²) in [5.41, 5.74) is 1.65. The quantitative estimate of drug-likeness (QED) is 0.738. The molecular formula is C19H20F4N4O3. The lowest BCUT2D eigenvalue weighted by atomic mass is 10.0. The minimum absolute atomic E-state index is 0.0955. The Morgan fingerprint density at radius 1 is 1.33 bits per heavy atom. The van der Waals surface area contributed by atoms with E-state index in [-0.39, 0.29) is 24.3 Å². The fourth-order valence-corrected chi connectivity index (χ4v) is 3.78. The highest BCUT2D eigenvalue weighted by molar-refractivity contribution is 5.99. The highest BCUT2D eigenvalue weighted by Crippen LogP contribution is 2.32. The second-order valence-corrected chi connectivity index (χ2v) is 7.40. The highest BCUT2D eigenvalue weighted by atomic mass is 19.4. The number of carbonyl (C=O) groups is 1. The van der Waals surface area contributed by atoms with Crippen molar-refractivity contribution in [1.29, 1.82) is 0 Å². The summed E-state index contributed by atoms with van der Waals surface area (Å²) in [6, 6.07) is 3.98. The van der Waals surface area contributed by atoms with Gasteiger partial charge in [0.05, 0.1) is 25.2 Å². The van der Waals surface area contributed by atoms with Crippen LogP contribution >= 0.6 is 0 Å². The summed E-state index contributed by atoms with van der Waals surface area (Å²) in [4.78, 5) is 14.6. The van der Waals surface area contributed by atoms with Crippen LogP contribution in [0.2, 0.25) is 0 Å². The number of nitrogens with one attached hydrogen (secondary N) is 1. The Balaban J connectivity index is 1.54. The molecule has 2 aromatic rings. The van der Waals surface area contributed by atoms with E-state index < -0.39 is 31.0 Å². The van der Waals surface area contributed by atoms with Gasteiger partial charge in [0.15, 0.2) is 6.17 Å². The van der Waals surface area contributed by atoms with Crippen molar-refractivity contribution in [1.82, 2.24) is 20.4 Å². The largest absolute Gasteiger partial charge is 0.418 e. The molecule has 0 radical (unpaired) electrons. The molecule has 1 N–H and O–H groups in total.